The molecule has 0 spiro atoms. The molecule has 8 N–H and O–H groups in total. The highest BCUT2D eigenvalue weighted by Gasteiger charge is 2.32. The Balaban J connectivity index is 5.26. The summed E-state index contributed by atoms with van der Waals surface area (Å²) in [4.78, 5) is 57.9. The second-order valence-electron chi connectivity index (χ2n) is 5.74. The smallest absolute Gasteiger partial charge is 0.325 e. The Kier molecular flexibility index (Phi) is 10.4. The first kappa shape index (κ1) is 24.6. The number of carbonyl (C=O) groups excluding carboxylic acids is 3. The number of carboxylic acid groups (broad SMARTS) is 2. The second-order valence-corrected chi connectivity index (χ2v) is 6.11. The number of aliphatic hydroxyl groups excluding tert-OH is 1. The summed E-state index contributed by atoms with van der Waals surface area (Å²) in [5.41, 5.74) is 5.46. The lowest BCUT2D eigenvalue weighted by atomic mass is 10.1. The molecular formula is C14H24N4O8S. The second kappa shape index (κ2) is 11.4. The summed E-state index contributed by atoms with van der Waals surface area (Å²) in [7, 11) is 0. The number of amides is 3. The quantitative estimate of drug-likeness (QED) is 0.160. The van der Waals surface area contributed by atoms with Crippen molar-refractivity contribution in [3.8, 4) is 0 Å². The molecule has 0 saturated carbocycles. The molecule has 0 bridgehead atoms. The number of nitrogens with two attached hydrogens (primary N) is 1. The van der Waals surface area contributed by atoms with E-state index in [0.717, 1.165) is 6.92 Å². The molecule has 5 atom stereocenters. The van der Waals surface area contributed by atoms with Crippen LogP contribution in [0.5, 0.6) is 0 Å². The van der Waals surface area contributed by atoms with Gasteiger partial charge in [0.1, 0.15) is 18.1 Å². The van der Waals surface area contributed by atoms with Crippen LogP contribution in [0.4, 0.5) is 0 Å². The van der Waals surface area contributed by atoms with Gasteiger partial charge in [0.2, 0.25) is 17.7 Å². The molecule has 0 aromatic heterocycles. The number of aliphatic hydroxyl groups is 1. The Hall–Kier alpha value is -2.38. The van der Waals surface area contributed by atoms with Crippen LogP contribution in [-0.4, -0.2) is 81.0 Å². The lowest BCUT2D eigenvalue weighted by Crippen LogP contribution is -2.60. The molecule has 154 valence electrons. The van der Waals surface area contributed by atoms with Crippen LogP contribution in [-0.2, 0) is 24.0 Å². The number of hydrogen-bond donors (Lipinski definition) is 8. The fourth-order valence-corrected chi connectivity index (χ4v) is 1.94. The number of aliphatic carboxylic acids is 2. The third kappa shape index (κ3) is 8.70. The van der Waals surface area contributed by atoms with Crippen molar-refractivity contribution < 1.29 is 39.3 Å². The van der Waals surface area contributed by atoms with Gasteiger partial charge in [0.15, 0.2) is 0 Å². The summed E-state index contributed by atoms with van der Waals surface area (Å²) in [6.45, 7) is 2.34. The molecule has 5 unspecified atom stereocenters. The topological polar surface area (TPSA) is 208 Å². The highest BCUT2D eigenvalue weighted by atomic mass is 32.1. The average Bonchev–Trinajstić information content (AvgIpc) is 2.56. The molecule has 0 aliphatic heterocycles. The van der Waals surface area contributed by atoms with E-state index < -0.39 is 66.4 Å². The number of carboxylic acids is 2. The van der Waals surface area contributed by atoms with Crippen LogP contribution in [0.3, 0.4) is 0 Å². The van der Waals surface area contributed by atoms with E-state index in [0.29, 0.717) is 0 Å². The third-order valence-corrected chi connectivity index (χ3v) is 3.73. The maximum absolute atomic E-state index is 12.3. The van der Waals surface area contributed by atoms with Gasteiger partial charge < -0.3 is 37.0 Å². The van der Waals surface area contributed by atoms with E-state index >= 15 is 0 Å². The molecule has 3 amide bonds. The minimum Gasteiger partial charge on any atom is -0.481 e. The number of rotatable bonds is 11. The molecular weight excluding hydrogens is 384 g/mol. The lowest BCUT2D eigenvalue weighted by Gasteiger charge is -2.25. The summed E-state index contributed by atoms with van der Waals surface area (Å²) in [5.74, 6) is -5.72. The predicted octanol–water partition coefficient (Wildman–Crippen LogP) is -3.34. The maximum Gasteiger partial charge on any atom is 0.325 e. The van der Waals surface area contributed by atoms with Gasteiger partial charge in [0.05, 0.1) is 18.6 Å². The number of hydrogen-bond acceptors (Lipinski definition) is 8. The van der Waals surface area contributed by atoms with Crippen LogP contribution < -0.4 is 21.7 Å². The summed E-state index contributed by atoms with van der Waals surface area (Å²) in [6, 6.07) is -5.54. The van der Waals surface area contributed by atoms with Gasteiger partial charge in [-0.15, -0.1) is 0 Å². The molecule has 0 aliphatic rings. The zero-order valence-electron chi connectivity index (χ0n) is 14.7. The predicted molar refractivity (Wildman–Crippen MR) is 94.9 cm³/mol. The Morgan fingerprint density at radius 1 is 0.963 bits per heavy atom. The van der Waals surface area contributed by atoms with Crippen molar-refractivity contribution in [1.29, 1.82) is 0 Å². The molecule has 0 aromatic rings. The molecule has 0 radical (unpaired) electrons. The molecule has 13 heteroatoms. The SMILES string of the molecule is CC(NC(=O)C(CC(=O)O)NC(=O)C(NC(=O)C(N)CS)C(C)O)C(=O)O. The van der Waals surface area contributed by atoms with Crippen molar-refractivity contribution in [3.05, 3.63) is 0 Å². The van der Waals surface area contributed by atoms with E-state index in [9.17, 15) is 29.1 Å². The van der Waals surface area contributed by atoms with Crippen molar-refractivity contribution in [1.82, 2.24) is 16.0 Å². The minimum atomic E-state index is -1.63. The van der Waals surface area contributed by atoms with E-state index in [4.69, 9.17) is 15.9 Å². The summed E-state index contributed by atoms with van der Waals surface area (Å²) < 4.78 is 0. The largest absolute Gasteiger partial charge is 0.481 e. The fraction of sp³-hybridized carbons (Fsp3) is 0.643. The van der Waals surface area contributed by atoms with Gasteiger partial charge in [-0.05, 0) is 13.8 Å². The maximum atomic E-state index is 12.3. The van der Waals surface area contributed by atoms with Crippen molar-refractivity contribution >= 4 is 42.3 Å². The van der Waals surface area contributed by atoms with Gasteiger partial charge in [-0.2, -0.15) is 12.6 Å². The Morgan fingerprint density at radius 2 is 1.52 bits per heavy atom. The Bertz CT molecular complexity index is 585. The van der Waals surface area contributed by atoms with Gasteiger partial charge in [-0.1, -0.05) is 0 Å². The lowest BCUT2D eigenvalue weighted by molar-refractivity contribution is -0.143. The van der Waals surface area contributed by atoms with Crippen molar-refractivity contribution in [2.24, 2.45) is 5.73 Å². The van der Waals surface area contributed by atoms with Gasteiger partial charge >= 0.3 is 11.9 Å². The van der Waals surface area contributed by atoms with Crippen molar-refractivity contribution in [2.45, 2.75) is 50.5 Å². The first-order valence-corrected chi connectivity index (χ1v) is 8.44. The van der Waals surface area contributed by atoms with Crippen LogP contribution in [0.25, 0.3) is 0 Å². The van der Waals surface area contributed by atoms with E-state index in [1.165, 1.54) is 6.92 Å². The fourth-order valence-electron chi connectivity index (χ4n) is 1.77. The van der Waals surface area contributed by atoms with E-state index in [1.807, 2.05) is 5.32 Å². The van der Waals surface area contributed by atoms with Crippen molar-refractivity contribution in [3.63, 3.8) is 0 Å². The van der Waals surface area contributed by atoms with E-state index in [1.54, 1.807) is 0 Å². The summed E-state index contributed by atoms with van der Waals surface area (Å²) in [6.07, 6.45) is -2.24. The molecule has 0 aliphatic carbocycles. The number of carbonyl (C=O) groups is 5. The van der Waals surface area contributed by atoms with Crippen LogP contribution in [0, 0.1) is 0 Å². The number of nitrogens with one attached hydrogen (secondary N) is 3. The molecule has 27 heavy (non-hydrogen) atoms. The molecule has 0 saturated heterocycles. The van der Waals surface area contributed by atoms with E-state index in [2.05, 4.69) is 23.3 Å². The summed E-state index contributed by atoms with van der Waals surface area (Å²) >= 11 is 3.83. The van der Waals surface area contributed by atoms with Gasteiger partial charge in [0.25, 0.3) is 0 Å². The Morgan fingerprint density at radius 3 is 1.93 bits per heavy atom. The monoisotopic (exact) mass is 408 g/mol. The highest BCUT2D eigenvalue weighted by Crippen LogP contribution is 2.00. The molecule has 0 fully saturated rings. The van der Waals surface area contributed by atoms with Gasteiger partial charge in [0, 0.05) is 5.75 Å². The van der Waals surface area contributed by atoms with Crippen LogP contribution >= 0.6 is 12.6 Å². The molecule has 0 rings (SSSR count). The standard InChI is InChI=1S/C14H24N4O8S/c1-5(14(25)26)16-12(23)8(3-9(20)21)17-13(24)10(6(2)19)18-11(22)7(15)4-27/h5-8,10,19,27H,3-4,15H2,1-2H3,(H,16,23)(H,17,24)(H,18,22)(H,20,21)(H,25,26). The molecule has 0 heterocycles. The minimum absolute atomic E-state index is 0.0307. The van der Waals surface area contributed by atoms with Gasteiger partial charge in [-0.3, -0.25) is 24.0 Å². The molecule has 0 aromatic carbocycles. The molecule has 12 nitrogen and oxygen atoms in total. The number of thiol groups is 1. The Labute approximate surface area is 160 Å². The normalized spacial score (nSPS) is 16.2. The zero-order chi connectivity index (χ0) is 21.3. The first-order chi connectivity index (χ1) is 12.4. The summed E-state index contributed by atoms with van der Waals surface area (Å²) in [5, 5.41) is 33.7. The zero-order valence-corrected chi connectivity index (χ0v) is 15.6. The highest BCUT2D eigenvalue weighted by molar-refractivity contribution is 7.80. The van der Waals surface area contributed by atoms with E-state index in [-0.39, 0.29) is 5.75 Å². The van der Waals surface area contributed by atoms with Crippen LogP contribution in [0.15, 0.2) is 0 Å². The van der Waals surface area contributed by atoms with Crippen LogP contribution in [0.1, 0.15) is 20.3 Å². The van der Waals surface area contributed by atoms with Gasteiger partial charge in [-0.25, -0.2) is 0 Å². The van der Waals surface area contributed by atoms with Crippen LogP contribution in [0.2, 0.25) is 0 Å². The first-order valence-electron chi connectivity index (χ1n) is 7.80. The third-order valence-electron chi connectivity index (χ3n) is 3.34. The average molecular weight is 408 g/mol. The van der Waals surface area contributed by atoms with Crippen molar-refractivity contribution in [2.75, 3.05) is 5.75 Å².